The number of aromatic nitrogens is 10. The van der Waals surface area contributed by atoms with Crippen LogP contribution >= 0.6 is 0 Å². The third-order valence-corrected chi connectivity index (χ3v) is 27.0. The molecular weight excluding hydrogens is 1610 g/mol. The van der Waals surface area contributed by atoms with Crippen molar-refractivity contribution in [2.75, 3.05) is 0 Å². The van der Waals surface area contributed by atoms with Crippen molar-refractivity contribution in [3.05, 3.63) is 449 Å². The minimum absolute atomic E-state index is 0.629. The van der Waals surface area contributed by atoms with Crippen molar-refractivity contribution in [3.8, 4) is 91.1 Å². The fourth-order valence-corrected chi connectivity index (χ4v) is 21.0. The maximum atomic E-state index is 5.30. The molecule has 132 heavy (non-hydrogen) atoms. The Bertz CT molecular complexity index is 9690. The van der Waals surface area contributed by atoms with Gasteiger partial charge in [-0.25, -0.2) is 29.9 Å². The molecule has 0 amide bonds. The van der Waals surface area contributed by atoms with E-state index >= 15 is 0 Å². The molecule has 0 aliphatic carbocycles. The molecule has 22 aromatic carbocycles. The first kappa shape index (κ1) is 74.4. The molecule has 0 unspecified atom stereocenters. The molecule has 0 saturated heterocycles. The van der Waals surface area contributed by atoms with Gasteiger partial charge < -0.3 is 18.3 Å². The lowest BCUT2D eigenvalue weighted by Gasteiger charge is -2.17. The molecule has 0 spiro atoms. The molecule has 0 aliphatic heterocycles. The lowest BCUT2D eigenvalue weighted by atomic mass is 10.0. The predicted octanol–water partition coefficient (Wildman–Crippen LogP) is 31.4. The van der Waals surface area contributed by atoms with E-state index in [0.717, 1.165) is 110 Å². The van der Waals surface area contributed by atoms with E-state index in [9.17, 15) is 0 Å². The maximum absolute atomic E-state index is 5.30. The molecule has 0 atom stereocenters. The SMILES string of the molecule is c1ccc(-c2nc(-c3ccc4ccccc4c3)nc(-c3ccc(-n4c5cc6ccccc6cc5c5c(-n6c7ccccc7c7cc8ccccc8cc76)cccc54)c4ccccc34)n2)cc1.c1ccc(-c2nc(-c3cccc4ccccc34)nc(-c3ccc(-n4c5ccccc5c5c(-n6c7ccccc7c7cc8ccccc8cc76)c6ccccc6cc54)c4ccccc34)n2)cc1. The summed E-state index contributed by atoms with van der Waals surface area (Å²) in [7, 11) is 0. The van der Waals surface area contributed by atoms with Crippen molar-refractivity contribution in [1.82, 2.24) is 48.2 Å². The molecule has 10 nitrogen and oxygen atoms in total. The molecule has 28 aromatic rings. The van der Waals surface area contributed by atoms with Gasteiger partial charge in [0.15, 0.2) is 34.9 Å². The molecule has 6 heterocycles. The highest BCUT2D eigenvalue weighted by molar-refractivity contribution is 6.25. The Balaban J connectivity index is 0.000000135. The number of hydrogen-bond acceptors (Lipinski definition) is 6. The minimum atomic E-state index is 0.629. The van der Waals surface area contributed by atoms with E-state index < -0.39 is 0 Å². The van der Waals surface area contributed by atoms with Crippen molar-refractivity contribution in [2.45, 2.75) is 0 Å². The van der Waals surface area contributed by atoms with E-state index in [1.165, 1.54) is 119 Å². The number of benzene rings is 22. The summed E-state index contributed by atoms with van der Waals surface area (Å²) < 4.78 is 9.95. The van der Waals surface area contributed by atoms with Crippen molar-refractivity contribution in [2.24, 2.45) is 0 Å². The van der Waals surface area contributed by atoms with Crippen LogP contribution in [0.25, 0.3) is 264 Å². The van der Waals surface area contributed by atoms with Crippen LogP contribution in [0.5, 0.6) is 0 Å². The van der Waals surface area contributed by atoms with Gasteiger partial charge >= 0.3 is 0 Å². The summed E-state index contributed by atoms with van der Waals surface area (Å²) >= 11 is 0. The van der Waals surface area contributed by atoms with E-state index in [4.69, 9.17) is 29.9 Å². The van der Waals surface area contributed by atoms with Crippen LogP contribution in [0.4, 0.5) is 0 Å². The van der Waals surface area contributed by atoms with E-state index in [2.05, 4.69) is 431 Å². The number of nitrogens with zero attached hydrogens (tertiary/aromatic N) is 10. The van der Waals surface area contributed by atoms with E-state index in [0.29, 0.717) is 34.9 Å². The Morgan fingerprint density at radius 2 is 0.477 bits per heavy atom. The van der Waals surface area contributed by atoms with Gasteiger partial charge in [0.2, 0.25) is 0 Å². The largest absolute Gasteiger partial charge is 0.309 e. The Kier molecular flexibility index (Phi) is 16.9. The fraction of sp³-hybridized carbons (Fsp3) is 0. The molecule has 6 aromatic heterocycles. The van der Waals surface area contributed by atoms with Gasteiger partial charge in [-0.2, -0.15) is 0 Å². The Morgan fingerprint density at radius 1 is 0.136 bits per heavy atom. The molecule has 0 aliphatic rings. The molecule has 0 saturated carbocycles. The molecular formula is C122H74N10. The van der Waals surface area contributed by atoms with Crippen LogP contribution in [-0.4, -0.2) is 48.2 Å². The molecule has 0 fully saturated rings. The van der Waals surface area contributed by atoms with Crippen LogP contribution in [-0.2, 0) is 0 Å². The van der Waals surface area contributed by atoms with Crippen LogP contribution in [0.1, 0.15) is 0 Å². The monoisotopic (exact) mass is 1680 g/mol. The highest BCUT2D eigenvalue weighted by atomic mass is 15.1. The van der Waals surface area contributed by atoms with Gasteiger partial charge in [0.05, 0.1) is 66.9 Å². The zero-order valence-corrected chi connectivity index (χ0v) is 71.2. The average molecular weight is 1680 g/mol. The van der Waals surface area contributed by atoms with Crippen LogP contribution in [0.2, 0.25) is 0 Å². The molecule has 10 heteroatoms. The Hall–Kier alpha value is -17.9. The average Bonchev–Trinajstić information content (AvgIpc) is 1.54. The van der Waals surface area contributed by atoms with Crippen LogP contribution in [0.15, 0.2) is 449 Å². The van der Waals surface area contributed by atoms with Gasteiger partial charge in [-0.15, -0.1) is 0 Å². The second-order valence-electron chi connectivity index (χ2n) is 34.3. The normalized spacial score (nSPS) is 11.9. The number of rotatable bonds is 10. The molecule has 0 N–H and O–H groups in total. The lowest BCUT2D eigenvalue weighted by Crippen LogP contribution is -2.02. The Morgan fingerprint density at radius 3 is 1.03 bits per heavy atom. The first-order chi connectivity index (χ1) is 65.5. The smallest absolute Gasteiger partial charge is 0.164 e. The first-order valence-electron chi connectivity index (χ1n) is 44.9. The summed E-state index contributed by atoms with van der Waals surface area (Å²) in [6.07, 6.45) is 0. The van der Waals surface area contributed by atoms with Gasteiger partial charge in [0, 0.05) is 92.6 Å². The van der Waals surface area contributed by atoms with Crippen LogP contribution in [0.3, 0.4) is 0 Å². The maximum Gasteiger partial charge on any atom is 0.164 e. The Labute approximate surface area is 756 Å². The van der Waals surface area contributed by atoms with Gasteiger partial charge in [-0.05, 0) is 173 Å². The van der Waals surface area contributed by atoms with Crippen molar-refractivity contribution < 1.29 is 0 Å². The highest BCUT2D eigenvalue weighted by Crippen LogP contribution is 2.49. The first-order valence-corrected chi connectivity index (χ1v) is 44.9. The summed E-state index contributed by atoms with van der Waals surface area (Å²) in [5.41, 5.74) is 19.5. The topological polar surface area (TPSA) is 97.1 Å². The number of para-hydroxylation sites is 3. The number of hydrogen-bond donors (Lipinski definition) is 0. The third kappa shape index (κ3) is 11.8. The second-order valence-corrected chi connectivity index (χ2v) is 34.3. The van der Waals surface area contributed by atoms with Gasteiger partial charge in [0.1, 0.15) is 0 Å². The van der Waals surface area contributed by atoms with Gasteiger partial charge in [0.25, 0.3) is 0 Å². The van der Waals surface area contributed by atoms with Crippen molar-refractivity contribution >= 4 is 173 Å². The van der Waals surface area contributed by atoms with Gasteiger partial charge in [-0.1, -0.05) is 346 Å². The zero-order valence-electron chi connectivity index (χ0n) is 71.2. The minimum Gasteiger partial charge on any atom is -0.309 e. The highest BCUT2D eigenvalue weighted by Gasteiger charge is 2.28. The summed E-state index contributed by atoms with van der Waals surface area (Å²) in [6, 6.07) is 161. The van der Waals surface area contributed by atoms with E-state index in [-0.39, 0.29) is 0 Å². The zero-order chi connectivity index (χ0) is 86.6. The summed E-state index contributed by atoms with van der Waals surface area (Å²) in [6.45, 7) is 0. The fourth-order valence-electron chi connectivity index (χ4n) is 21.0. The quantitative estimate of drug-likeness (QED) is 0.135. The summed E-state index contributed by atoms with van der Waals surface area (Å²) in [5.74, 6) is 3.81. The van der Waals surface area contributed by atoms with E-state index in [1.807, 2.05) is 36.4 Å². The van der Waals surface area contributed by atoms with Crippen LogP contribution in [0, 0.1) is 0 Å². The third-order valence-electron chi connectivity index (χ3n) is 27.0. The van der Waals surface area contributed by atoms with Crippen molar-refractivity contribution in [3.63, 3.8) is 0 Å². The number of fused-ring (bicyclic) bond motifs is 20. The predicted molar refractivity (Wildman–Crippen MR) is 550 cm³/mol. The van der Waals surface area contributed by atoms with Gasteiger partial charge in [-0.3, -0.25) is 0 Å². The van der Waals surface area contributed by atoms with E-state index in [1.54, 1.807) is 0 Å². The second kappa shape index (κ2) is 29.9. The summed E-state index contributed by atoms with van der Waals surface area (Å²) in [4.78, 5) is 31.2. The molecule has 0 bridgehead atoms. The van der Waals surface area contributed by atoms with Crippen molar-refractivity contribution in [1.29, 1.82) is 0 Å². The lowest BCUT2D eigenvalue weighted by molar-refractivity contribution is 1.08. The molecule has 612 valence electrons. The summed E-state index contributed by atoms with van der Waals surface area (Å²) in [5, 5.41) is 28.3. The standard InChI is InChI=1S/2C61H37N5/c1-2-18-39(19-3-1)59-62-60(48-30-16-23-38-17-6-8-24-43(38)48)64-61(63-59)49-33-34-54(46-27-11-10-26-45(46)49)65-53-32-15-13-29-50(53)57-56(65)37-42-22-7-9-25-44(42)58(57)66-52-31-14-12-28-47(52)51-35-40-20-4-5-21-41(40)36-55(51)66;1-2-16-39(17-3-1)59-62-60(45-30-29-38-15-4-5-18-40(38)33-45)64-61(63-59)49-31-32-53(47-24-11-10-23-46(47)49)66-55-28-14-27-54(58(55)51-35-42-20-7-9-22-44(42)37-57(51)66)65-52-26-13-12-25-48(52)50-34-41-19-6-8-21-43(41)36-56(50)65/h2*1-37H. The molecule has 0 radical (unpaired) electrons. The van der Waals surface area contributed by atoms with Crippen LogP contribution < -0.4 is 0 Å². The molecule has 28 rings (SSSR count).